The van der Waals surface area contributed by atoms with Gasteiger partial charge in [0.15, 0.2) is 0 Å². The topological polar surface area (TPSA) is 89.6 Å². The zero-order chi connectivity index (χ0) is 18.0. The van der Waals surface area contributed by atoms with Gasteiger partial charge in [0.05, 0.1) is 17.7 Å². The first-order valence-electron chi connectivity index (χ1n) is 8.26. The Bertz CT molecular complexity index is 719. The minimum absolute atomic E-state index is 0.0331. The number of aliphatic carboxylic acids is 1. The van der Waals surface area contributed by atoms with Crippen molar-refractivity contribution in [2.75, 3.05) is 5.73 Å². The smallest absolute Gasteiger partial charge is 0.341 e. The minimum atomic E-state index is -0.805. The number of rotatable bonds is 6. The van der Waals surface area contributed by atoms with E-state index in [0.29, 0.717) is 24.3 Å². The average Bonchev–Trinajstić information content (AvgIpc) is 2.90. The number of anilines is 1. The third kappa shape index (κ3) is 3.30. The summed E-state index contributed by atoms with van der Waals surface area (Å²) < 4.78 is 5.15. The van der Waals surface area contributed by atoms with E-state index in [2.05, 4.69) is 6.92 Å². The molecule has 0 fully saturated rings. The molecule has 0 spiro atoms. The van der Waals surface area contributed by atoms with Crippen LogP contribution in [0.3, 0.4) is 0 Å². The zero-order valence-corrected chi connectivity index (χ0v) is 14.7. The van der Waals surface area contributed by atoms with Crippen LogP contribution in [0.15, 0.2) is 11.6 Å². The Balaban J connectivity index is 2.40. The fourth-order valence-electron chi connectivity index (χ4n) is 3.29. The number of ether oxygens (including phenoxy) is 1. The van der Waals surface area contributed by atoms with Gasteiger partial charge in [-0.05, 0) is 49.3 Å². The number of carbonyl (C=O) groups excluding carboxylic acids is 1. The van der Waals surface area contributed by atoms with Crippen molar-refractivity contribution >= 4 is 17.6 Å². The summed E-state index contributed by atoms with van der Waals surface area (Å²) in [5.74, 6) is -1.19. The van der Waals surface area contributed by atoms with E-state index in [1.165, 1.54) is 0 Å². The highest BCUT2D eigenvalue weighted by atomic mass is 16.5. The van der Waals surface area contributed by atoms with Crippen molar-refractivity contribution in [2.24, 2.45) is 5.92 Å². The monoisotopic (exact) mass is 331 g/mol. The Kier molecular flexibility index (Phi) is 5.32. The number of carboxylic acid groups (broad SMARTS) is 1. The second-order valence-corrected chi connectivity index (χ2v) is 6.43. The van der Waals surface area contributed by atoms with Crippen LogP contribution in [-0.2, 0) is 29.0 Å². The van der Waals surface area contributed by atoms with Crippen LogP contribution in [0, 0.1) is 12.8 Å². The Morgan fingerprint density at radius 1 is 1.42 bits per heavy atom. The summed E-state index contributed by atoms with van der Waals surface area (Å²) in [6.07, 6.45) is 3.54. The molecule has 1 aromatic carbocycles. The molecule has 5 heteroatoms. The van der Waals surface area contributed by atoms with Gasteiger partial charge < -0.3 is 15.6 Å². The van der Waals surface area contributed by atoms with E-state index >= 15 is 0 Å². The molecule has 3 N–H and O–H groups in total. The Morgan fingerprint density at radius 3 is 2.67 bits per heavy atom. The molecular weight excluding hydrogens is 306 g/mol. The quantitative estimate of drug-likeness (QED) is 0.474. The summed E-state index contributed by atoms with van der Waals surface area (Å²) in [5, 5.41) is 8.92. The zero-order valence-electron chi connectivity index (χ0n) is 14.7. The maximum Gasteiger partial charge on any atom is 0.341 e. The Hall–Kier alpha value is -2.30. The van der Waals surface area contributed by atoms with Crippen LogP contribution in [0.4, 0.5) is 5.69 Å². The van der Waals surface area contributed by atoms with Crippen LogP contribution < -0.4 is 5.73 Å². The molecule has 0 amide bonds. The number of cyclic esters (lactones) is 1. The SMILES string of the molecule is CCc1c(C)c2c(c(N)c1C/C=C(\C)C(C)CC(=O)O)C(=O)OC2. The first kappa shape index (κ1) is 18.0. The van der Waals surface area contributed by atoms with Crippen LogP contribution >= 0.6 is 0 Å². The number of benzene rings is 1. The van der Waals surface area contributed by atoms with E-state index in [-0.39, 0.29) is 18.3 Å². The summed E-state index contributed by atoms with van der Waals surface area (Å²) >= 11 is 0. The summed E-state index contributed by atoms with van der Waals surface area (Å²) in [5.41, 5.74) is 12.4. The number of esters is 1. The van der Waals surface area contributed by atoms with Crippen molar-refractivity contribution in [3.8, 4) is 0 Å². The number of fused-ring (bicyclic) bond motifs is 1. The minimum Gasteiger partial charge on any atom is -0.481 e. The molecule has 1 unspecified atom stereocenters. The first-order valence-corrected chi connectivity index (χ1v) is 8.26. The van der Waals surface area contributed by atoms with Gasteiger partial charge in [-0.1, -0.05) is 25.5 Å². The van der Waals surface area contributed by atoms with Gasteiger partial charge in [-0.3, -0.25) is 4.79 Å². The molecule has 0 aromatic heterocycles. The summed E-state index contributed by atoms with van der Waals surface area (Å²) in [4.78, 5) is 22.8. The molecule has 1 atom stereocenters. The van der Waals surface area contributed by atoms with Crippen LogP contribution in [-0.4, -0.2) is 17.0 Å². The predicted molar refractivity (Wildman–Crippen MR) is 93.0 cm³/mol. The van der Waals surface area contributed by atoms with Gasteiger partial charge in [-0.2, -0.15) is 0 Å². The highest BCUT2D eigenvalue weighted by Gasteiger charge is 2.29. The number of nitrogens with two attached hydrogens (primary N) is 1. The normalized spacial score (nSPS) is 15.2. The second kappa shape index (κ2) is 7.07. The molecule has 0 saturated carbocycles. The molecule has 5 nitrogen and oxygen atoms in total. The molecule has 0 bridgehead atoms. The van der Waals surface area contributed by atoms with Gasteiger partial charge in [-0.15, -0.1) is 0 Å². The van der Waals surface area contributed by atoms with Crippen molar-refractivity contribution in [2.45, 2.75) is 53.6 Å². The molecule has 0 aliphatic carbocycles. The molecule has 1 aromatic rings. The van der Waals surface area contributed by atoms with Gasteiger partial charge in [0, 0.05) is 5.56 Å². The third-order valence-electron chi connectivity index (χ3n) is 4.96. The van der Waals surface area contributed by atoms with Crippen molar-refractivity contribution in [1.29, 1.82) is 0 Å². The summed E-state index contributed by atoms with van der Waals surface area (Å²) in [7, 11) is 0. The van der Waals surface area contributed by atoms with E-state index < -0.39 is 5.97 Å². The highest BCUT2D eigenvalue weighted by Crippen LogP contribution is 2.35. The largest absolute Gasteiger partial charge is 0.481 e. The lowest BCUT2D eigenvalue weighted by Gasteiger charge is -2.17. The predicted octanol–water partition coefficient (Wildman–Crippen LogP) is 3.41. The molecule has 0 saturated heterocycles. The molecule has 1 aliphatic heterocycles. The van der Waals surface area contributed by atoms with Crippen LogP contribution in [0.2, 0.25) is 0 Å². The number of carbonyl (C=O) groups is 2. The van der Waals surface area contributed by atoms with E-state index in [4.69, 9.17) is 15.6 Å². The molecule has 2 rings (SSSR count). The number of hydrogen-bond acceptors (Lipinski definition) is 4. The fourth-order valence-corrected chi connectivity index (χ4v) is 3.29. The highest BCUT2D eigenvalue weighted by molar-refractivity contribution is 6.00. The lowest BCUT2D eigenvalue weighted by Crippen LogP contribution is -2.10. The maximum absolute atomic E-state index is 12.0. The van der Waals surface area contributed by atoms with E-state index in [1.807, 2.05) is 26.8 Å². The van der Waals surface area contributed by atoms with Gasteiger partial charge >= 0.3 is 11.9 Å². The van der Waals surface area contributed by atoms with Gasteiger partial charge in [0.1, 0.15) is 6.61 Å². The van der Waals surface area contributed by atoms with E-state index in [0.717, 1.165) is 34.2 Å². The van der Waals surface area contributed by atoms with Gasteiger partial charge in [0.2, 0.25) is 0 Å². The molecule has 1 heterocycles. The van der Waals surface area contributed by atoms with Gasteiger partial charge in [-0.25, -0.2) is 4.79 Å². The summed E-state index contributed by atoms with van der Waals surface area (Å²) in [6, 6.07) is 0. The van der Waals surface area contributed by atoms with Gasteiger partial charge in [0.25, 0.3) is 0 Å². The average molecular weight is 331 g/mol. The molecule has 1 aliphatic rings. The van der Waals surface area contributed by atoms with E-state index in [1.54, 1.807) is 0 Å². The molecule has 130 valence electrons. The Labute approximate surface area is 142 Å². The second-order valence-electron chi connectivity index (χ2n) is 6.43. The molecule has 0 radical (unpaired) electrons. The third-order valence-corrected chi connectivity index (χ3v) is 4.96. The number of hydrogen-bond donors (Lipinski definition) is 2. The number of nitrogen functional groups attached to an aromatic ring is 1. The first-order chi connectivity index (χ1) is 11.3. The maximum atomic E-state index is 12.0. The molecule has 24 heavy (non-hydrogen) atoms. The Morgan fingerprint density at radius 2 is 2.08 bits per heavy atom. The van der Waals surface area contributed by atoms with Crippen molar-refractivity contribution in [3.63, 3.8) is 0 Å². The standard InChI is InChI=1S/C19H25NO4/c1-5-13-12(4)15-9-24-19(23)17(15)18(20)14(13)7-6-10(2)11(3)8-16(21)22/h6,11H,5,7-9,20H2,1-4H3,(H,21,22)/b10-6+. The fraction of sp³-hybridized carbons (Fsp3) is 0.474. The van der Waals surface area contributed by atoms with Crippen molar-refractivity contribution in [3.05, 3.63) is 39.5 Å². The van der Waals surface area contributed by atoms with Crippen LogP contribution in [0.25, 0.3) is 0 Å². The van der Waals surface area contributed by atoms with Crippen LogP contribution in [0.1, 0.15) is 59.8 Å². The van der Waals surface area contributed by atoms with Crippen molar-refractivity contribution in [1.82, 2.24) is 0 Å². The van der Waals surface area contributed by atoms with Crippen molar-refractivity contribution < 1.29 is 19.4 Å². The number of allylic oxidation sites excluding steroid dienone is 2. The lowest BCUT2D eigenvalue weighted by molar-refractivity contribution is -0.137. The van der Waals surface area contributed by atoms with Crippen LogP contribution in [0.5, 0.6) is 0 Å². The lowest BCUT2D eigenvalue weighted by atomic mass is 9.87. The molecular formula is C19H25NO4. The summed E-state index contributed by atoms with van der Waals surface area (Å²) in [6.45, 7) is 8.20. The number of carboxylic acids is 1. The van der Waals surface area contributed by atoms with E-state index in [9.17, 15) is 9.59 Å².